The first kappa shape index (κ1) is 92.1. The van der Waals surface area contributed by atoms with Crippen LogP contribution in [-0.2, 0) is 42.9 Å². The van der Waals surface area contributed by atoms with Gasteiger partial charge >= 0.3 is 0 Å². The molecule has 1 fully saturated rings. The van der Waals surface area contributed by atoms with Crippen LogP contribution in [0.5, 0.6) is 23.0 Å². The van der Waals surface area contributed by atoms with E-state index in [0.29, 0.717) is 137 Å². The van der Waals surface area contributed by atoms with Gasteiger partial charge in [-0.15, -0.1) is 11.3 Å². The SMILES string of the molecule is CCOc1ccccc1NCc1cc(=O)n2[nH]c(-c3cccc(C)c3)nc2n1.COc1ccc(NCc2cc(=O)n3[nH]c(-c4cccs4)nc3n2)c(OC)c1.COc1cccc(NCc2cc(=O)n3[nH]c(-c4ccc(C(C)(C)C)cc4)nc3n2)c1.Cc1cccc(C)c1NCc1cc(=O)n2[nH]c(-c3ccc(Cl)cc3)nc2n1.O=c1cc(CN2CCOCC2)nc2nc(-c3ccccc3)[nH]n12. The van der Waals surface area contributed by atoms with Crippen molar-refractivity contribution in [2.75, 3.05) is 75.5 Å². The monoisotopic (exact) mass is 1850 g/mol. The summed E-state index contributed by atoms with van der Waals surface area (Å²) in [5.74, 6) is 7.69. The van der Waals surface area contributed by atoms with Crippen LogP contribution < -0.4 is 68.0 Å². The van der Waals surface area contributed by atoms with Gasteiger partial charge < -0.3 is 45.0 Å². The molecule has 1 aliphatic rings. The molecule has 1 aliphatic heterocycles. The van der Waals surface area contributed by atoms with Gasteiger partial charge in [-0.05, 0) is 128 Å². The van der Waals surface area contributed by atoms with Crippen molar-refractivity contribution in [1.82, 2.24) is 103 Å². The standard InChI is InChI=1S/C23H25N5O2.C21H21N5O2.C20H18ClN5O.C18H17N5O3S.C16H17N5O2/c1-23(2,3)16-10-8-15(9-11-16)21-26-22-25-18(13-20(29)28(22)27-21)14-24-17-6-5-7-19(12-17)30-4;1-3-28-18-10-5-4-9-17(18)22-13-16-12-19(27)26-21(23-16)24-20(25-26)15-8-6-7-14(2)11-15;1-12-4-3-5-13(2)18(12)22-11-16-10-17(27)26-20(23-16)24-19(25-26)14-6-8-15(21)9-7-14;1-25-12-5-6-13(14(9-12)26-2)19-10-11-8-16(24)23-18(20-11)21-17(22-23)15-4-3-7-27-15;22-14-10-13(11-20-6-8-23-9-7-20)17-16-18-15(19-21(14)16)12-4-2-1-3-5-12/h5-13,24H,14H2,1-4H3,(H,25,26,27);4-12,22H,3,13H2,1-2H3,(H,23,24,25);3-10,22H,11H2,1-2H3,(H,23,24,25);3-9,19H,10H2,1-2H3,(H,20,21,22);1-5,10H,6-9,11H2,(H,17,18,19). The summed E-state index contributed by atoms with van der Waals surface area (Å²) >= 11 is 7.47. The van der Waals surface area contributed by atoms with Crippen LogP contribution in [0.25, 0.3) is 85.1 Å². The van der Waals surface area contributed by atoms with E-state index < -0.39 is 0 Å². The number of methoxy groups -OCH3 is 3. The van der Waals surface area contributed by atoms with Gasteiger partial charge in [0.1, 0.15) is 23.0 Å². The minimum Gasteiger partial charge on any atom is -0.497 e. The van der Waals surface area contributed by atoms with E-state index in [4.69, 9.17) is 35.3 Å². The molecule has 1 saturated heterocycles. The smallest absolute Gasteiger partial charge is 0.274 e. The minimum atomic E-state index is -0.214. The zero-order valence-electron chi connectivity index (χ0n) is 75.6. The Hall–Kier alpha value is -16.2. The predicted octanol–water partition coefficient (Wildman–Crippen LogP) is 15.1. The van der Waals surface area contributed by atoms with Crippen LogP contribution in [0.4, 0.5) is 22.7 Å². The number of hydrogen-bond donors (Lipinski definition) is 9. The van der Waals surface area contributed by atoms with E-state index in [1.807, 2.05) is 203 Å². The topological polar surface area (TPSA) is 413 Å². The fourth-order valence-corrected chi connectivity index (χ4v) is 15.4. The molecule has 0 spiro atoms. The number of aryl methyl sites for hydroxylation is 3. The van der Waals surface area contributed by atoms with Gasteiger partial charge in [-0.25, -0.2) is 24.9 Å². The number of thiophene rings is 1. The van der Waals surface area contributed by atoms with Crippen molar-refractivity contribution in [3.63, 3.8) is 0 Å². The Balaban J connectivity index is 0.000000123. The Morgan fingerprint density at radius 1 is 0.407 bits per heavy atom. The molecule has 12 heterocycles. The van der Waals surface area contributed by atoms with Crippen LogP contribution in [0.1, 0.15) is 78.4 Å². The number of morpholine rings is 1. The van der Waals surface area contributed by atoms with Crippen LogP contribution in [0.15, 0.2) is 260 Å². The number of para-hydroxylation sites is 3. The summed E-state index contributed by atoms with van der Waals surface area (Å²) < 4.78 is 33.5. The van der Waals surface area contributed by atoms with E-state index in [1.165, 1.54) is 52.4 Å². The quantitative estimate of drug-likeness (QED) is 0.0271. The fourth-order valence-electron chi connectivity index (χ4n) is 14.6. The van der Waals surface area contributed by atoms with E-state index in [9.17, 15) is 24.0 Å². The van der Waals surface area contributed by atoms with Gasteiger partial charge in [0.25, 0.3) is 56.7 Å². The number of hydrogen-bond acceptors (Lipinski definition) is 26. The molecule has 0 amide bonds. The van der Waals surface area contributed by atoms with E-state index in [2.05, 4.69) is 134 Å². The lowest BCUT2D eigenvalue weighted by Gasteiger charge is -2.25. The van der Waals surface area contributed by atoms with Gasteiger partial charge in [-0.3, -0.25) is 54.4 Å². The van der Waals surface area contributed by atoms with Crippen LogP contribution in [0.3, 0.4) is 0 Å². The second kappa shape index (κ2) is 41.9. The second-order valence-corrected chi connectivity index (χ2v) is 33.7. The molecule has 0 bridgehead atoms. The van der Waals surface area contributed by atoms with Crippen molar-refractivity contribution in [3.8, 4) is 79.3 Å². The molecular formula is C98H98ClN25O10S. The van der Waals surface area contributed by atoms with Gasteiger partial charge in [0, 0.05) is 101 Å². The van der Waals surface area contributed by atoms with Gasteiger partial charge in [0.15, 0.2) is 29.1 Å². The molecule has 0 saturated carbocycles. The lowest BCUT2D eigenvalue weighted by molar-refractivity contribution is 0.0336. The Labute approximate surface area is 781 Å². The molecule has 135 heavy (non-hydrogen) atoms. The number of benzene rings is 8. The van der Waals surface area contributed by atoms with Crippen LogP contribution >= 0.6 is 22.9 Å². The number of anilines is 4. The Bertz CT molecular complexity index is 7660. The van der Waals surface area contributed by atoms with E-state index >= 15 is 0 Å². The maximum Gasteiger partial charge on any atom is 0.274 e. The summed E-state index contributed by atoms with van der Waals surface area (Å²) in [5.41, 5.74) is 14.1. The first-order chi connectivity index (χ1) is 65.4. The maximum absolute atomic E-state index is 12.5. The minimum absolute atomic E-state index is 0.0789. The molecule has 35 nitrogen and oxygen atoms in total. The molecular weight excluding hydrogens is 1750 g/mol. The number of nitrogens with zero attached hydrogens (tertiary/aromatic N) is 16. The number of fused-ring (bicyclic) bond motifs is 5. The van der Waals surface area contributed by atoms with Crippen molar-refractivity contribution < 1.29 is 23.7 Å². The van der Waals surface area contributed by atoms with Crippen LogP contribution in [0, 0.1) is 20.8 Å². The second-order valence-electron chi connectivity index (χ2n) is 32.3. The number of aromatic nitrogens is 20. The Kier molecular flexibility index (Phi) is 28.6. The summed E-state index contributed by atoms with van der Waals surface area (Å²) in [6, 6.07) is 71.3. The number of ether oxygens (including phenoxy) is 5. The van der Waals surface area contributed by atoms with Crippen molar-refractivity contribution in [2.45, 2.75) is 86.6 Å². The largest absolute Gasteiger partial charge is 0.497 e. The summed E-state index contributed by atoms with van der Waals surface area (Å²) in [7, 11) is 4.82. The van der Waals surface area contributed by atoms with Crippen molar-refractivity contribution in [2.24, 2.45) is 0 Å². The summed E-state index contributed by atoms with van der Waals surface area (Å²) in [4.78, 5) is 110. The van der Waals surface area contributed by atoms with Crippen LogP contribution in [-0.4, -0.2) is 157 Å². The number of rotatable bonds is 24. The molecule has 37 heteroatoms. The first-order valence-corrected chi connectivity index (χ1v) is 44.6. The molecule has 8 aromatic carbocycles. The zero-order chi connectivity index (χ0) is 94.2. The van der Waals surface area contributed by atoms with Crippen molar-refractivity contribution in [1.29, 1.82) is 0 Å². The molecule has 0 aliphatic carbocycles. The molecule has 20 rings (SSSR count). The third-order valence-electron chi connectivity index (χ3n) is 21.6. The molecule has 0 atom stereocenters. The van der Waals surface area contributed by atoms with E-state index in [0.717, 1.165) is 110 Å². The zero-order valence-corrected chi connectivity index (χ0v) is 77.2. The van der Waals surface area contributed by atoms with Crippen molar-refractivity contribution in [3.05, 3.63) is 343 Å². The first-order valence-electron chi connectivity index (χ1n) is 43.3. The molecule has 688 valence electrons. The molecule has 19 aromatic rings. The van der Waals surface area contributed by atoms with Gasteiger partial charge in [-0.2, -0.15) is 47.5 Å². The Morgan fingerprint density at radius 2 is 0.852 bits per heavy atom. The molecule has 9 N–H and O–H groups in total. The molecule has 11 aromatic heterocycles. The van der Waals surface area contributed by atoms with Gasteiger partial charge in [0.05, 0.1) is 112 Å². The number of halogens is 1. The third kappa shape index (κ3) is 22.7. The number of aromatic amines is 5. The highest BCUT2D eigenvalue weighted by Crippen LogP contribution is 2.32. The lowest BCUT2D eigenvalue weighted by atomic mass is 9.87. The van der Waals surface area contributed by atoms with Crippen molar-refractivity contribution >= 4 is 74.6 Å². The third-order valence-corrected chi connectivity index (χ3v) is 22.8. The summed E-state index contributed by atoms with van der Waals surface area (Å²) in [6.45, 7) is 20.6. The van der Waals surface area contributed by atoms with Gasteiger partial charge in [-0.1, -0.05) is 153 Å². The van der Waals surface area contributed by atoms with E-state index in [1.54, 1.807) is 56.9 Å². The average molecular weight is 1850 g/mol. The fraction of sp³-hybridized carbons (Fsp3) is 0.214. The van der Waals surface area contributed by atoms with E-state index in [-0.39, 0.29) is 33.2 Å². The average Bonchev–Trinajstić information content (AvgIpc) is 1.66. The highest BCUT2D eigenvalue weighted by Gasteiger charge is 2.21. The Morgan fingerprint density at radius 3 is 1.36 bits per heavy atom. The summed E-state index contributed by atoms with van der Waals surface area (Å²) in [5, 5.41) is 30.8. The highest BCUT2D eigenvalue weighted by molar-refractivity contribution is 7.13. The van der Waals surface area contributed by atoms with Gasteiger partial charge in [0.2, 0.25) is 0 Å². The maximum atomic E-state index is 12.5. The predicted molar refractivity (Wildman–Crippen MR) is 523 cm³/mol. The highest BCUT2D eigenvalue weighted by atomic mass is 35.5. The normalized spacial score (nSPS) is 12.0. The molecule has 0 radical (unpaired) electrons. The lowest BCUT2D eigenvalue weighted by Crippen LogP contribution is -2.36. The molecule has 0 unspecified atom stereocenters. The summed E-state index contributed by atoms with van der Waals surface area (Å²) in [6.07, 6.45) is 0. The number of nitrogens with one attached hydrogen (secondary N) is 9. The van der Waals surface area contributed by atoms with Crippen LogP contribution in [0.2, 0.25) is 5.02 Å². The number of H-pyrrole nitrogens is 5.